The zero-order valence-corrected chi connectivity index (χ0v) is 6.81. The lowest BCUT2D eigenvalue weighted by atomic mass is 9.65. The molecule has 7 heavy (non-hydrogen) atoms. The van der Waals surface area contributed by atoms with Crippen molar-refractivity contribution in [2.75, 3.05) is 0 Å². The summed E-state index contributed by atoms with van der Waals surface area (Å²) in [5, 5.41) is 1.38. The van der Waals surface area contributed by atoms with Gasteiger partial charge in [0.05, 0.1) is 0 Å². The van der Waals surface area contributed by atoms with Crippen LogP contribution in [0.5, 0.6) is 0 Å². The Morgan fingerprint density at radius 3 is 2.29 bits per heavy atom. The summed E-state index contributed by atoms with van der Waals surface area (Å²) in [6, 6.07) is 0. The van der Waals surface area contributed by atoms with Gasteiger partial charge < -0.3 is 0 Å². The van der Waals surface area contributed by atoms with E-state index in [0.29, 0.717) is 0 Å². The smallest absolute Gasteiger partial charge is 0.155 e. The van der Waals surface area contributed by atoms with Gasteiger partial charge in [0.1, 0.15) is 0 Å². The summed E-state index contributed by atoms with van der Waals surface area (Å²) in [5.74, 6) is 2.12. The average molecular weight is 208 g/mol. The van der Waals surface area contributed by atoms with Crippen LogP contribution >= 0.6 is 22.4 Å². The van der Waals surface area contributed by atoms with Crippen molar-refractivity contribution in [2.24, 2.45) is 5.92 Å². The lowest BCUT2D eigenvalue weighted by molar-refractivity contribution is 0.347. The van der Waals surface area contributed by atoms with E-state index in [-0.39, 0.29) is 0 Å². The Kier molecular flexibility index (Phi) is 2.01. The Bertz CT molecular complexity index is 59.1. The van der Waals surface area contributed by atoms with Crippen LogP contribution in [0.15, 0.2) is 0 Å². The van der Waals surface area contributed by atoms with Gasteiger partial charge in [-0.2, -0.15) is 22.4 Å². The zero-order chi connectivity index (χ0) is 5.28. The molecule has 0 N–H and O–H groups in total. The summed E-state index contributed by atoms with van der Waals surface area (Å²) in [5.41, 5.74) is 0. The van der Waals surface area contributed by atoms with Crippen LogP contribution in [0.3, 0.4) is 0 Å². The van der Waals surface area contributed by atoms with E-state index < -0.39 is 0 Å². The molecule has 0 amide bonds. The van der Waals surface area contributed by atoms with E-state index in [2.05, 4.69) is 29.3 Å². The molecule has 0 radical (unpaired) electrons. The fourth-order valence-electron chi connectivity index (χ4n) is 1.20. The molecule has 0 nitrogen and oxygen atoms in total. The molecule has 1 fully saturated rings. The van der Waals surface area contributed by atoms with Crippen molar-refractivity contribution in [1.82, 2.24) is 0 Å². The molecule has 1 aliphatic rings. The molecule has 1 saturated carbocycles. The van der Waals surface area contributed by atoms with E-state index in [1.54, 1.807) is 0 Å². The molecule has 0 atom stereocenters. The van der Waals surface area contributed by atoms with Crippen LogP contribution in [0.25, 0.3) is 0 Å². The second-order valence-electron chi connectivity index (χ2n) is 2.60. The molecule has 0 saturated heterocycles. The predicted molar refractivity (Wildman–Crippen MR) is 43.3 cm³/mol. The van der Waals surface area contributed by atoms with Gasteiger partial charge in [0.25, 0.3) is 0 Å². The molecule has 0 unspecified atom stereocenters. The average Bonchev–Trinajstić information content (AvgIpc) is 1.58. The largest absolute Gasteiger partial charge is 0.203 e. The molecule has 2 heteroatoms. The van der Waals surface area contributed by atoms with Crippen LogP contribution in [-0.4, -0.2) is 5.14 Å². The first-order valence-corrected chi connectivity index (χ1v) is 4.41. The van der Waals surface area contributed by atoms with Crippen LogP contribution in [0.1, 0.15) is 19.8 Å². The van der Waals surface area contributed by atoms with Crippen molar-refractivity contribution < 1.29 is 0 Å². The van der Waals surface area contributed by atoms with Crippen LogP contribution in [0.2, 0.25) is 5.82 Å². The molecular weight excluding hydrogens is 198 g/mol. The second-order valence-corrected chi connectivity index (χ2v) is 3.48. The van der Waals surface area contributed by atoms with E-state index in [9.17, 15) is 0 Å². The van der Waals surface area contributed by atoms with Crippen molar-refractivity contribution in [2.45, 2.75) is 25.6 Å². The monoisotopic (exact) mass is 208 g/mol. The molecule has 0 aliphatic heterocycles. The van der Waals surface area contributed by atoms with E-state index in [4.69, 9.17) is 0 Å². The highest BCUT2D eigenvalue weighted by Crippen LogP contribution is 2.38. The first-order valence-electron chi connectivity index (χ1n) is 2.89. The topological polar surface area (TPSA) is 0 Å². The van der Waals surface area contributed by atoms with Gasteiger partial charge in [-0.1, -0.05) is 25.6 Å². The van der Waals surface area contributed by atoms with E-state index in [1.165, 1.54) is 18.0 Å². The first kappa shape index (κ1) is 5.92. The molecule has 1 rings (SSSR count). The number of halogens is 1. The highest BCUT2D eigenvalue weighted by atomic mass is 127. The second kappa shape index (κ2) is 2.38. The predicted octanol–water partition coefficient (Wildman–Crippen LogP) is 1.99. The molecule has 0 bridgehead atoms. The van der Waals surface area contributed by atoms with Gasteiger partial charge in [-0.3, -0.25) is 0 Å². The Morgan fingerprint density at radius 2 is 2.14 bits per heavy atom. The SMILES string of the molecule is CC1CC(BI)C1. The molecule has 0 spiro atoms. The van der Waals surface area contributed by atoms with Crippen LogP contribution in [0.4, 0.5) is 0 Å². The van der Waals surface area contributed by atoms with Gasteiger partial charge in [0.2, 0.25) is 5.14 Å². The normalized spacial score (nSPS) is 39.7. The quantitative estimate of drug-likeness (QED) is 0.456. The molecule has 0 aromatic carbocycles. The third kappa shape index (κ3) is 1.34. The minimum atomic E-state index is 1.04. The summed E-state index contributed by atoms with van der Waals surface area (Å²) < 4.78 is 0. The van der Waals surface area contributed by atoms with E-state index >= 15 is 0 Å². The van der Waals surface area contributed by atoms with Gasteiger partial charge in [0.15, 0.2) is 0 Å². The molecular formula is C5H10BI. The fourth-order valence-corrected chi connectivity index (χ4v) is 1.91. The summed E-state index contributed by atoms with van der Waals surface area (Å²) in [6.45, 7) is 2.34. The third-order valence-corrected chi connectivity index (χ3v) is 2.94. The Balaban J connectivity index is 2.06. The number of hydrogen-bond acceptors (Lipinski definition) is 0. The summed E-state index contributed by atoms with van der Waals surface area (Å²) >= 11 is 2.47. The van der Waals surface area contributed by atoms with Crippen molar-refractivity contribution >= 4 is 27.5 Å². The van der Waals surface area contributed by atoms with Gasteiger partial charge in [-0.15, -0.1) is 0 Å². The first-order chi connectivity index (χ1) is 3.33. The Labute approximate surface area is 59.2 Å². The van der Waals surface area contributed by atoms with Gasteiger partial charge in [0, 0.05) is 0 Å². The fraction of sp³-hybridized carbons (Fsp3) is 1.00. The molecule has 0 aromatic heterocycles. The van der Waals surface area contributed by atoms with E-state index in [0.717, 1.165) is 11.7 Å². The maximum Gasteiger partial charge on any atom is 0.203 e. The Morgan fingerprint density at radius 1 is 1.57 bits per heavy atom. The van der Waals surface area contributed by atoms with Crippen LogP contribution in [0, 0.1) is 5.92 Å². The van der Waals surface area contributed by atoms with Crippen molar-refractivity contribution in [3.63, 3.8) is 0 Å². The number of hydrogen-bond donors (Lipinski definition) is 0. The summed E-state index contributed by atoms with van der Waals surface area (Å²) in [4.78, 5) is 0. The minimum absolute atomic E-state index is 1.04. The van der Waals surface area contributed by atoms with Crippen molar-refractivity contribution in [3.8, 4) is 0 Å². The van der Waals surface area contributed by atoms with Gasteiger partial charge in [-0.25, -0.2) is 0 Å². The summed E-state index contributed by atoms with van der Waals surface area (Å²) in [6.07, 6.45) is 2.98. The van der Waals surface area contributed by atoms with Crippen LogP contribution < -0.4 is 0 Å². The Hall–Kier alpha value is 0.795. The molecule has 40 valence electrons. The minimum Gasteiger partial charge on any atom is -0.155 e. The van der Waals surface area contributed by atoms with Gasteiger partial charge >= 0.3 is 0 Å². The number of rotatable bonds is 1. The third-order valence-electron chi connectivity index (χ3n) is 1.69. The highest BCUT2D eigenvalue weighted by molar-refractivity contribution is 14.1. The zero-order valence-electron chi connectivity index (χ0n) is 4.65. The van der Waals surface area contributed by atoms with Crippen molar-refractivity contribution in [3.05, 3.63) is 0 Å². The van der Waals surface area contributed by atoms with Gasteiger partial charge in [-0.05, 0) is 5.92 Å². The highest BCUT2D eigenvalue weighted by Gasteiger charge is 2.24. The lowest BCUT2D eigenvalue weighted by Gasteiger charge is -2.30. The maximum atomic E-state index is 2.47. The van der Waals surface area contributed by atoms with E-state index in [1.807, 2.05) is 0 Å². The van der Waals surface area contributed by atoms with Crippen molar-refractivity contribution in [1.29, 1.82) is 0 Å². The maximum absolute atomic E-state index is 2.47. The standard InChI is InChI=1S/C5H10BI/c1-4-2-5(3-4)6-7/h4-6H,2-3H2,1H3. The van der Waals surface area contributed by atoms with Crippen LogP contribution in [-0.2, 0) is 0 Å². The molecule has 0 heterocycles. The summed E-state index contributed by atoms with van der Waals surface area (Å²) in [7, 11) is 0. The molecule has 0 aromatic rings. The molecule has 1 aliphatic carbocycles. The lowest BCUT2D eigenvalue weighted by Crippen LogP contribution is -2.17.